The van der Waals surface area contributed by atoms with Crippen LogP contribution in [0.2, 0.25) is 0 Å². The van der Waals surface area contributed by atoms with Crippen LogP contribution in [0.4, 0.5) is 0 Å². The minimum Gasteiger partial charge on any atom is -0.465 e. The lowest BCUT2D eigenvalue weighted by atomic mass is 10.00. The van der Waals surface area contributed by atoms with Gasteiger partial charge in [-0.05, 0) is 27.1 Å². The van der Waals surface area contributed by atoms with Crippen molar-refractivity contribution in [3.05, 3.63) is 93.1 Å². The average molecular weight is 572 g/mol. The lowest BCUT2D eigenvalue weighted by Gasteiger charge is -2.46. The Kier molecular flexibility index (Phi) is 7.95. The third kappa shape index (κ3) is 5.10. The van der Waals surface area contributed by atoms with Crippen LogP contribution in [0, 0.1) is 0 Å². The molecule has 2 aromatic carbocycles. The van der Waals surface area contributed by atoms with Crippen molar-refractivity contribution in [3.8, 4) is 0 Å². The van der Waals surface area contributed by atoms with Gasteiger partial charge in [-0.25, -0.2) is 9.59 Å². The fourth-order valence-electron chi connectivity index (χ4n) is 3.89. The van der Waals surface area contributed by atoms with E-state index in [1.807, 2.05) is 60.7 Å². The lowest BCUT2D eigenvalue weighted by Crippen LogP contribution is -2.57. The zero-order chi connectivity index (χ0) is 25.8. The molecule has 0 N–H and O–H groups in total. The second-order valence-corrected chi connectivity index (χ2v) is 9.76. The smallest absolute Gasteiger partial charge is 0.356 e. The van der Waals surface area contributed by atoms with E-state index in [9.17, 15) is 19.2 Å². The molecule has 8 nitrogen and oxygen atoms in total. The van der Waals surface area contributed by atoms with Gasteiger partial charge in [-0.2, -0.15) is 0 Å². The van der Waals surface area contributed by atoms with Gasteiger partial charge in [-0.1, -0.05) is 60.7 Å². The quantitative estimate of drug-likeness (QED) is 0.214. The van der Waals surface area contributed by atoms with E-state index >= 15 is 0 Å². The van der Waals surface area contributed by atoms with Crippen LogP contribution in [0.3, 0.4) is 0 Å². The van der Waals surface area contributed by atoms with Crippen molar-refractivity contribution < 1.29 is 33.4 Å². The summed E-state index contributed by atoms with van der Waals surface area (Å²) < 4.78 is 15.9. The van der Waals surface area contributed by atoms with Crippen molar-refractivity contribution in [1.29, 1.82) is 0 Å². The lowest BCUT2D eigenvalue weighted by molar-refractivity contribution is -0.149. The standard InChI is InChI=1S/C26H22BrNO7S/c1-15(29)34-13-18-14-36-24-19(20(27)25(31)33-2)23(30)28(24)21(18)26(32)35-22(16-9-5-3-6-10-16)17-11-7-4-8-12-17/h3-12,22,24H,13-14H2,1-2H3/b20-19+/t24-/m1/s1. The molecule has 1 atom stereocenters. The van der Waals surface area contributed by atoms with Crippen LogP contribution < -0.4 is 0 Å². The van der Waals surface area contributed by atoms with Crippen molar-refractivity contribution >= 4 is 51.5 Å². The average Bonchev–Trinajstić information content (AvgIpc) is 2.90. The molecule has 1 amide bonds. The van der Waals surface area contributed by atoms with Crippen LogP contribution in [-0.2, 0) is 33.4 Å². The summed E-state index contributed by atoms with van der Waals surface area (Å²) >= 11 is 4.47. The Morgan fingerprint density at radius 2 is 1.64 bits per heavy atom. The number of β-lactam (4-membered cyclic amide) rings is 1. The van der Waals surface area contributed by atoms with Gasteiger partial charge in [0.25, 0.3) is 5.91 Å². The molecular weight excluding hydrogens is 550 g/mol. The van der Waals surface area contributed by atoms with E-state index in [0.29, 0.717) is 11.3 Å². The number of nitrogens with zero attached hydrogens (tertiary/aromatic N) is 1. The first-order valence-electron chi connectivity index (χ1n) is 10.9. The Morgan fingerprint density at radius 3 is 2.17 bits per heavy atom. The number of hydrogen-bond donors (Lipinski definition) is 0. The normalized spacial score (nSPS) is 18.3. The third-order valence-corrected chi connectivity index (χ3v) is 7.62. The highest BCUT2D eigenvalue weighted by atomic mass is 79.9. The molecule has 1 fully saturated rings. The van der Waals surface area contributed by atoms with Crippen LogP contribution >= 0.6 is 27.7 Å². The summed E-state index contributed by atoms with van der Waals surface area (Å²) in [5, 5.41) is -0.596. The minimum absolute atomic E-state index is 0.00588. The number of fused-ring (bicyclic) bond motifs is 1. The molecule has 2 aromatic rings. The summed E-state index contributed by atoms with van der Waals surface area (Å²) in [5.41, 5.74) is 2.16. The van der Waals surface area contributed by atoms with Crippen molar-refractivity contribution in [2.75, 3.05) is 19.5 Å². The van der Waals surface area contributed by atoms with Crippen LogP contribution in [0.25, 0.3) is 0 Å². The number of benzene rings is 2. The second-order valence-electron chi connectivity index (χ2n) is 7.90. The monoisotopic (exact) mass is 571 g/mol. The predicted molar refractivity (Wildman–Crippen MR) is 136 cm³/mol. The maximum atomic E-state index is 13.7. The Hall–Kier alpha value is -3.37. The number of carbonyl (C=O) groups is 4. The Balaban J connectivity index is 1.71. The molecule has 2 aliphatic rings. The molecule has 0 bridgehead atoms. The molecule has 1 saturated heterocycles. The van der Waals surface area contributed by atoms with Gasteiger partial charge in [0.1, 0.15) is 22.2 Å². The van der Waals surface area contributed by atoms with E-state index in [-0.39, 0.29) is 22.4 Å². The highest BCUT2D eigenvalue weighted by molar-refractivity contribution is 9.12. The SMILES string of the molecule is COC(=O)/C(Br)=C1/C(=O)N2C(C(=O)OC(c3ccccc3)c3ccccc3)=C(COC(C)=O)CS[C@H]12. The molecule has 0 aliphatic carbocycles. The molecule has 186 valence electrons. The topological polar surface area (TPSA) is 99.2 Å². The number of amides is 1. The van der Waals surface area contributed by atoms with Gasteiger partial charge in [0.2, 0.25) is 0 Å². The van der Waals surface area contributed by atoms with Gasteiger partial charge in [0, 0.05) is 18.2 Å². The summed E-state index contributed by atoms with van der Waals surface area (Å²) in [4.78, 5) is 51.6. The molecule has 2 aliphatic heterocycles. The number of ether oxygens (including phenoxy) is 3. The summed E-state index contributed by atoms with van der Waals surface area (Å²) in [5.74, 6) is -2.18. The molecule has 10 heteroatoms. The van der Waals surface area contributed by atoms with Crippen LogP contribution in [0.5, 0.6) is 0 Å². The van der Waals surface area contributed by atoms with E-state index < -0.39 is 35.3 Å². The maximum Gasteiger partial charge on any atom is 0.356 e. The zero-order valence-corrected chi connectivity index (χ0v) is 21.8. The number of hydrogen-bond acceptors (Lipinski definition) is 8. The summed E-state index contributed by atoms with van der Waals surface area (Å²) in [7, 11) is 1.21. The van der Waals surface area contributed by atoms with Crippen molar-refractivity contribution in [2.45, 2.75) is 18.4 Å². The Bertz CT molecular complexity index is 1220. The van der Waals surface area contributed by atoms with Gasteiger partial charge >= 0.3 is 17.9 Å². The first-order valence-corrected chi connectivity index (χ1v) is 12.8. The van der Waals surface area contributed by atoms with Crippen LogP contribution in [0.1, 0.15) is 24.2 Å². The van der Waals surface area contributed by atoms with E-state index in [2.05, 4.69) is 15.9 Å². The molecule has 36 heavy (non-hydrogen) atoms. The number of rotatable bonds is 7. The summed E-state index contributed by atoms with van der Waals surface area (Å²) in [6.45, 7) is 1.10. The largest absolute Gasteiger partial charge is 0.465 e. The van der Waals surface area contributed by atoms with Gasteiger partial charge in [-0.3, -0.25) is 14.5 Å². The summed E-state index contributed by atoms with van der Waals surface area (Å²) in [6.07, 6.45) is -0.733. The molecular formula is C26H22BrNO7S. The van der Waals surface area contributed by atoms with Crippen molar-refractivity contribution in [3.63, 3.8) is 0 Å². The van der Waals surface area contributed by atoms with E-state index in [1.54, 1.807) is 0 Å². The fraction of sp³-hybridized carbons (Fsp3) is 0.231. The molecule has 0 unspecified atom stereocenters. The number of halogens is 1. The van der Waals surface area contributed by atoms with Crippen molar-refractivity contribution in [2.24, 2.45) is 0 Å². The molecule has 0 aromatic heterocycles. The molecule has 0 spiro atoms. The minimum atomic E-state index is -0.734. The highest BCUT2D eigenvalue weighted by Crippen LogP contribution is 2.46. The maximum absolute atomic E-state index is 13.7. The van der Waals surface area contributed by atoms with Crippen molar-refractivity contribution in [1.82, 2.24) is 4.90 Å². The number of carbonyl (C=O) groups excluding carboxylic acids is 4. The number of methoxy groups -OCH3 is 1. The van der Waals surface area contributed by atoms with E-state index in [4.69, 9.17) is 14.2 Å². The Morgan fingerprint density at radius 1 is 1.06 bits per heavy atom. The molecule has 0 radical (unpaired) electrons. The predicted octanol–water partition coefficient (Wildman–Crippen LogP) is 3.87. The molecule has 2 heterocycles. The first kappa shape index (κ1) is 25.7. The van der Waals surface area contributed by atoms with Gasteiger partial charge < -0.3 is 14.2 Å². The van der Waals surface area contributed by atoms with Gasteiger partial charge in [-0.15, -0.1) is 11.8 Å². The molecule has 4 rings (SSSR count). The Labute approximate surface area is 220 Å². The third-order valence-electron chi connectivity index (χ3n) is 5.60. The van der Waals surface area contributed by atoms with Gasteiger partial charge in [0.15, 0.2) is 6.10 Å². The van der Waals surface area contributed by atoms with Gasteiger partial charge in [0.05, 0.1) is 12.7 Å². The second kappa shape index (κ2) is 11.1. The zero-order valence-electron chi connectivity index (χ0n) is 19.4. The number of esters is 3. The first-order chi connectivity index (χ1) is 17.3. The van der Waals surface area contributed by atoms with E-state index in [1.165, 1.54) is 30.7 Å². The molecule has 0 saturated carbocycles. The highest BCUT2D eigenvalue weighted by Gasteiger charge is 2.52. The van der Waals surface area contributed by atoms with Crippen LogP contribution in [0.15, 0.2) is 82.0 Å². The number of thioether (sulfide) groups is 1. The fourth-order valence-corrected chi connectivity index (χ4v) is 5.90. The van der Waals surface area contributed by atoms with E-state index in [0.717, 1.165) is 11.1 Å². The van der Waals surface area contributed by atoms with Crippen LogP contribution in [-0.4, -0.2) is 53.6 Å². The summed E-state index contributed by atoms with van der Waals surface area (Å²) in [6, 6.07) is 18.5.